The maximum absolute atomic E-state index is 11.0. The second kappa shape index (κ2) is 8.05. The number of nitro groups is 1. The molecule has 1 fully saturated rings. The van der Waals surface area contributed by atoms with E-state index in [1.165, 1.54) is 24.8 Å². The molecule has 1 N–H and O–H groups in total. The van der Waals surface area contributed by atoms with Crippen LogP contribution in [0.5, 0.6) is 5.75 Å². The third-order valence-corrected chi connectivity index (χ3v) is 5.18. The maximum atomic E-state index is 11.0. The number of halogens is 2. The Morgan fingerprint density at radius 1 is 1.23 bits per heavy atom. The highest BCUT2D eigenvalue weighted by Gasteiger charge is 2.15. The van der Waals surface area contributed by atoms with Gasteiger partial charge in [-0.1, -0.05) is 11.6 Å². The highest BCUT2D eigenvalue weighted by atomic mass is 79.9. The van der Waals surface area contributed by atoms with E-state index in [-0.39, 0.29) is 21.5 Å². The van der Waals surface area contributed by atoms with Crippen molar-refractivity contribution >= 4 is 50.8 Å². The number of benzene rings is 2. The first-order valence-electron chi connectivity index (χ1n) is 8.21. The number of piperidine rings is 1. The number of aliphatic imine (C=N–C) groups is 1. The molecule has 8 heteroatoms. The van der Waals surface area contributed by atoms with E-state index in [4.69, 9.17) is 11.6 Å². The lowest BCUT2D eigenvalue weighted by Gasteiger charge is -2.29. The van der Waals surface area contributed by atoms with Gasteiger partial charge in [-0.15, -0.1) is 0 Å². The van der Waals surface area contributed by atoms with Crippen LogP contribution in [0.4, 0.5) is 17.1 Å². The van der Waals surface area contributed by atoms with E-state index in [1.807, 2.05) is 12.1 Å². The summed E-state index contributed by atoms with van der Waals surface area (Å²) in [5.74, 6) is -0.101. The summed E-state index contributed by atoms with van der Waals surface area (Å²) in [6.07, 6.45) is 4.96. The Kier molecular flexibility index (Phi) is 5.78. The number of phenols is 1. The zero-order chi connectivity index (χ0) is 18.7. The first kappa shape index (κ1) is 18.7. The largest absolute Gasteiger partial charge is 0.506 e. The molecule has 0 atom stereocenters. The lowest BCUT2D eigenvalue weighted by atomic mass is 10.1. The topological polar surface area (TPSA) is 79.0 Å². The summed E-state index contributed by atoms with van der Waals surface area (Å²) in [6.45, 7) is 2.00. The molecular formula is C18H17BrClN3O3. The van der Waals surface area contributed by atoms with Crippen molar-refractivity contribution in [2.75, 3.05) is 18.0 Å². The molecule has 0 aromatic heterocycles. The van der Waals surface area contributed by atoms with Crippen molar-refractivity contribution < 1.29 is 10.0 Å². The Balaban J connectivity index is 1.85. The van der Waals surface area contributed by atoms with Gasteiger partial charge in [-0.25, -0.2) is 0 Å². The number of aromatic hydroxyl groups is 1. The van der Waals surface area contributed by atoms with Gasteiger partial charge in [-0.3, -0.25) is 15.1 Å². The van der Waals surface area contributed by atoms with E-state index >= 15 is 0 Å². The quantitative estimate of drug-likeness (QED) is 0.391. The smallest absolute Gasteiger partial charge is 0.271 e. The number of hydrogen-bond acceptors (Lipinski definition) is 5. The standard InChI is InChI=1S/C18H17BrClN3O3/c19-15-10-14(23(25)26)8-12(18(15)24)11-21-13-4-5-17(16(20)9-13)22-6-2-1-3-7-22/h4-5,8-11,24H,1-3,6-7H2. The lowest BCUT2D eigenvalue weighted by molar-refractivity contribution is -0.385. The minimum absolute atomic E-state index is 0.101. The van der Waals surface area contributed by atoms with Crippen LogP contribution < -0.4 is 4.90 Å². The molecule has 136 valence electrons. The van der Waals surface area contributed by atoms with Crippen molar-refractivity contribution in [3.05, 3.63) is 55.5 Å². The summed E-state index contributed by atoms with van der Waals surface area (Å²) in [4.78, 5) is 17.0. The molecule has 6 nitrogen and oxygen atoms in total. The summed E-state index contributed by atoms with van der Waals surface area (Å²) < 4.78 is 0.242. The van der Waals surface area contributed by atoms with Crippen molar-refractivity contribution in [1.82, 2.24) is 0 Å². The molecule has 2 aromatic rings. The van der Waals surface area contributed by atoms with E-state index in [0.717, 1.165) is 31.6 Å². The Morgan fingerprint density at radius 2 is 1.96 bits per heavy atom. The zero-order valence-corrected chi connectivity index (χ0v) is 16.2. The number of nitrogens with zero attached hydrogens (tertiary/aromatic N) is 3. The average Bonchev–Trinajstić information content (AvgIpc) is 2.63. The molecule has 1 saturated heterocycles. The van der Waals surface area contributed by atoms with Crippen LogP contribution in [0.2, 0.25) is 5.02 Å². The van der Waals surface area contributed by atoms with E-state index < -0.39 is 4.92 Å². The molecule has 26 heavy (non-hydrogen) atoms. The summed E-state index contributed by atoms with van der Waals surface area (Å²) >= 11 is 9.52. The molecule has 0 bridgehead atoms. The van der Waals surface area contributed by atoms with Crippen LogP contribution in [0.3, 0.4) is 0 Å². The van der Waals surface area contributed by atoms with Gasteiger partial charge in [0.05, 0.1) is 25.8 Å². The first-order chi connectivity index (χ1) is 12.5. The molecule has 0 aliphatic carbocycles. The second-order valence-corrected chi connectivity index (χ2v) is 7.33. The van der Waals surface area contributed by atoms with Crippen LogP contribution in [-0.4, -0.2) is 29.3 Å². The van der Waals surface area contributed by atoms with Crippen LogP contribution in [-0.2, 0) is 0 Å². The van der Waals surface area contributed by atoms with Crippen molar-refractivity contribution in [2.24, 2.45) is 4.99 Å². The summed E-state index contributed by atoms with van der Waals surface area (Å²) in [5, 5.41) is 21.6. The minimum Gasteiger partial charge on any atom is -0.506 e. The Morgan fingerprint density at radius 3 is 2.62 bits per heavy atom. The third-order valence-electron chi connectivity index (χ3n) is 4.27. The SMILES string of the molecule is O=[N+]([O-])c1cc(Br)c(O)c(C=Nc2ccc(N3CCCCC3)c(Cl)c2)c1. The van der Waals surface area contributed by atoms with E-state index in [9.17, 15) is 15.2 Å². The molecule has 0 amide bonds. The Labute approximate surface area is 164 Å². The highest BCUT2D eigenvalue weighted by molar-refractivity contribution is 9.10. The van der Waals surface area contributed by atoms with Crippen molar-refractivity contribution in [3.63, 3.8) is 0 Å². The van der Waals surface area contributed by atoms with Gasteiger partial charge in [0, 0.05) is 37.0 Å². The van der Waals surface area contributed by atoms with Gasteiger partial charge in [0.1, 0.15) is 5.75 Å². The molecule has 0 unspecified atom stereocenters. The second-order valence-electron chi connectivity index (χ2n) is 6.06. The van der Waals surface area contributed by atoms with Gasteiger partial charge in [0.2, 0.25) is 0 Å². The fraction of sp³-hybridized carbons (Fsp3) is 0.278. The summed E-state index contributed by atoms with van der Waals surface area (Å²) in [5.41, 5.74) is 1.72. The first-order valence-corrected chi connectivity index (χ1v) is 9.38. The molecular weight excluding hydrogens is 422 g/mol. The third kappa shape index (κ3) is 4.16. The predicted molar refractivity (Wildman–Crippen MR) is 107 cm³/mol. The molecule has 0 spiro atoms. The molecule has 2 aromatic carbocycles. The molecule has 1 heterocycles. The van der Waals surface area contributed by atoms with Crippen molar-refractivity contribution in [2.45, 2.75) is 19.3 Å². The monoisotopic (exact) mass is 437 g/mol. The Bertz CT molecular complexity index is 867. The fourth-order valence-corrected chi connectivity index (χ4v) is 3.68. The van der Waals surface area contributed by atoms with E-state index in [0.29, 0.717) is 10.7 Å². The summed E-state index contributed by atoms with van der Waals surface area (Å²) in [7, 11) is 0. The van der Waals surface area contributed by atoms with E-state index in [1.54, 1.807) is 6.07 Å². The van der Waals surface area contributed by atoms with Crippen molar-refractivity contribution in [3.8, 4) is 5.75 Å². The minimum atomic E-state index is -0.522. The van der Waals surface area contributed by atoms with Gasteiger partial charge in [0.15, 0.2) is 0 Å². The van der Waals surface area contributed by atoms with Gasteiger partial charge in [-0.2, -0.15) is 0 Å². The average molecular weight is 439 g/mol. The van der Waals surface area contributed by atoms with Gasteiger partial charge in [-0.05, 0) is 53.4 Å². The zero-order valence-electron chi connectivity index (χ0n) is 13.9. The fourth-order valence-electron chi connectivity index (χ4n) is 2.92. The number of hydrogen-bond donors (Lipinski definition) is 1. The Hall–Kier alpha value is -2.12. The van der Waals surface area contributed by atoms with E-state index in [2.05, 4.69) is 25.8 Å². The molecule has 0 radical (unpaired) electrons. The molecule has 1 aliphatic rings. The number of nitro benzene ring substituents is 1. The number of rotatable bonds is 4. The molecule has 3 rings (SSSR count). The van der Waals surface area contributed by atoms with Crippen LogP contribution in [0.15, 0.2) is 39.8 Å². The molecule has 1 aliphatic heterocycles. The van der Waals surface area contributed by atoms with Gasteiger partial charge in [0.25, 0.3) is 5.69 Å². The normalized spacial score (nSPS) is 14.8. The lowest BCUT2D eigenvalue weighted by Crippen LogP contribution is -2.29. The highest BCUT2D eigenvalue weighted by Crippen LogP contribution is 2.34. The van der Waals surface area contributed by atoms with Crippen LogP contribution in [0, 0.1) is 10.1 Å². The molecule has 0 saturated carbocycles. The van der Waals surface area contributed by atoms with Crippen LogP contribution in [0.25, 0.3) is 0 Å². The van der Waals surface area contributed by atoms with Crippen molar-refractivity contribution in [1.29, 1.82) is 0 Å². The van der Waals surface area contributed by atoms with Crippen LogP contribution >= 0.6 is 27.5 Å². The van der Waals surface area contributed by atoms with Gasteiger partial charge >= 0.3 is 0 Å². The number of non-ortho nitro benzene ring substituents is 1. The summed E-state index contributed by atoms with van der Waals surface area (Å²) in [6, 6.07) is 8.05. The maximum Gasteiger partial charge on any atom is 0.271 e. The predicted octanol–water partition coefficient (Wildman–Crippen LogP) is 5.46. The van der Waals surface area contributed by atoms with Crippen LogP contribution in [0.1, 0.15) is 24.8 Å². The van der Waals surface area contributed by atoms with Gasteiger partial charge < -0.3 is 10.0 Å². The number of anilines is 1. The number of phenolic OH excluding ortho intramolecular Hbond substituents is 1.